The third kappa shape index (κ3) is 2.74. The topological polar surface area (TPSA) is 75.7 Å². The van der Waals surface area contributed by atoms with Crippen LogP contribution in [0.1, 0.15) is 59.8 Å². The first kappa shape index (κ1) is 18.2. The molecular weight excluding hydrogens is 320 g/mol. The molecule has 2 aliphatic carbocycles. The third-order valence-electron chi connectivity index (χ3n) is 7.47. The minimum absolute atomic E-state index is 0.0210. The van der Waals surface area contributed by atoms with Gasteiger partial charge in [0.1, 0.15) is 18.2 Å². The van der Waals surface area contributed by atoms with Crippen LogP contribution in [0.4, 0.5) is 0 Å². The fourth-order valence-electron chi connectivity index (χ4n) is 5.22. The Balaban J connectivity index is 1.67. The molecule has 6 nitrogen and oxygen atoms in total. The van der Waals surface area contributed by atoms with E-state index in [1.165, 1.54) is 6.42 Å². The van der Waals surface area contributed by atoms with E-state index < -0.39 is 12.1 Å². The Hall–Kier alpha value is -1.59. The first-order valence-electron chi connectivity index (χ1n) is 9.43. The van der Waals surface area contributed by atoms with Crippen molar-refractivity contribution in [3.05, 3.63) is 0 Å². The molecule has 2 bridgehead atoms. The Labute approximate surface area is 149 Å². The van der Waals surface area contributed by atoms with Gasteiger partial charge in [-0.25, -0.2) is 4.79 Å². The van der Waals surface area contributed by atoms with Gasteiger partial charge in [0.25, 0.3) is 0 Å². The molecule has 1 aliphatic heterocycles. The summed E-state index contributed by atoms with van der Waals surface area (Å²) in [4.78, 5) is 37.4. The number of carbonyl (C=O) groups is 3. The summed E-state index contributed by atoms with van der Waals surface area (Å²) in [5.41, 5.74) is 0.207. The third-order valence-corrected chi connectivity index (χ3v) is 7.47. The number of fused-ring (bicyclic) bond motifs is 2. The normalized spacial score (nSPS) is 37.0. The molecule has 1 heterocycles. The molecular formula is C19H30N2O4. The molecule has 140 valence electrons. The van der Waals surface area contributed by atoms with Crippen LogP contribution in [-0.2, 0) is 19.1 Å². The smallest absolute Gasteiger partial charge is 0.329 e. The summed E-state index contributed by atoms with van der Waals surface area (Å²) >= 11 is 0. The van der Waals surface area contributed by atoms with Gasteiger partial charge in [0.05, 0.1) is 0 Å². The molecule has 0 aromatic heterocycles. The van der Waals surface area contributed by atoms with Gasteiger partial charge in [-0.1, -0.05) is 20.8 Å². The number of nitrogens with zero attached hydrogens (tertiary/aromatic N) is 1. The predicted octanol–water partition coefficient (Wildman–Crippen LogP) is 1.87. The number of hydrogen-bond donors (Lipinski definition) is 1. The van der Waals surface area contributed by atoms with Gasteiger partial charge < -0.3 is 15.0 Å². The van der Waals surface area contributed by atoms with Crippen molar-refractivity contribution in [3.8, 4) is 0 Å². The zero-order chi connectivity index (χ0) is 18.4. The quantitative estimate of drug-likeness (QED) is 0.607. The van der Waals surface area contributed by atoms with Crippen molar-refractivity contribution in [2.24, 2.45) is 16.7 Å². The van der Waals surface area contributed by atoms with Crippen molar-refractivity contribution in [1.29, 1.82) is 0 Å². The Bertz CT molecular complexity index is 576. The molecule has 2 saturated carbocycles. The van der Waals surface area contributed by atoms with Crippen molar-refractivity contribution >= 4 is 18.3 Å². The second kappa shape index (κ2) is 6.29. The Morgan fingerprint density at radius 3 is 2.56 bits per heavy atom. The van der Waals surface area contributed by atoms with Gasteiger partial charge in [0.2, 0.25) is 12.3 Å². The van der Waals surface area contributed by atoms with E-state index in [4.69, 9.17) is 4.74 Å². The molecule has 3 unspecified atom stereocenters. The van der Waals surface area contributed by atoms with Gasteiger partial charge in [-0.3, -0.25) is 9.59 Å². The van der Waals surface area contributed by atoms with Crippen molar-refractivity contribution in [3.63, 3.8) is 0 Å². The van der Waals surface area contributed by atoms with Gasteiger partial charge >= 0.3 is 5.97 Å². The zero-order valence-electron chi connectivity index (χ0n) is 15.7. The summed E-state index contributed by atoms with van der Waals surface area (Å²) in [5, 5.41) is 2.47. The van der Waals surface area contributed by atoms with Gasteiger partial charge in [0.15, 0.2) is 0 Å². The number of carbonyl (C=O) groups excluding carboxylic acids is 3. The lowest BCUT2D eigenvalue weighted by atomic mass is 9.70. The molecule has 0 aromatic rings. The molecule has 0 spiro atoms. The average Bonchev–Trinajstić information content (AvgIpc) is 3.17. The highest BCUT2D eigenvalue weighted by Gasteiger charge is 2.63. The number of ether oxygens (including phenoxy) is 1. The lowest BCUT2D eigenvalue weighted by Crippen LogP contribution is -2.50. The molecule has 0 radical (unpaired) electrons. The van der Waals surface area contributed by atoms with Gasteiger partial charge in [0, 0.05) is 12.0 Å². The van der Waals surface area contributed by atoms with Gasteiger partial charge in [-0.05, 0) is 50.4 Å². The lowest BCUT2D eigenvalue weighted by Gasteiger charge is -2.39. The van der Waals surface area contributed by atoms with E-state index in [1.807, 2.05) is 0 Å². The average molecular weight is 350 g/mol. The van der Waals surface area contributed by atoms with Crippen LogP contribution in [0.5, 0.6) is 0 Å². The van der Waals surface area contributed by atoms with Crippen LogP contribution < -0.4 is 5.32 Å². The first-order valence-corrected chi connectivity index (χ1v) is 9.43. The number of hydrogen-bond acceptors (Lipinski definition) is 4. The predicted molar refractivity (Wildman–Crippen MR) is 92.5 cm³/mol. The van der Waals surface area contributed by atoms with Crippen LogP contribution in [0.3, 0.4) is 0 Å². The summed E-state index contributed by atoms with van der Waals surface area (Å²) in [6.07, 6.45) is 5.11. The summed E-state index contributed by atoms with van der Waals surface area (Å²) < 4.78 is 5.97. The van der Waals surface area contributed by atoms with E-state index in [2.05, 4.69) is 26.1 Å². The fraction of sp³-hybridized carbons (Fsp3) is 0.842. The Morgan fingerprint density at radius 1 is 1.28 bits per heavy atom. The molecule has 5 atom stereocenters. The SMILES string of the molecule is C[C@H](NC=O)C(=O)N1CCC[C@H]1C(=O)OC1CC2CCC1(C)C2(C)C. The highest BCUT2D eigenvalue weighted by Crippen LogP contribution is 2.66. The second-order valence-electron chi connectivity index (χ2n) is 8.73. The van der Waals surface area contributed by atoms with Crippen LogP contribution in [0.25, 0.3) is 0 Å². The van der Waals surface area contributed by atoms with E-state index in [0.717, 1.165) is 19.3 Å². The van der Waals surface area contributed by atoms with Crippen LogP contribution in [-0.4, -0.2) is 47.9 Å². The largest absolute Gasteiger partial charge is 0.460 e. The Morgan fingerprint density at radius 2 is 2.00 bits per heavy atom. The molecule has 3 aliphatic rings. The van der Waals surface area contributed by atoms with Crippen LogP contribution >= 0.6 is 0 Å². The summed E-state index contributed by atoms with van der Waals surface area (Å²) in [7, 11) is 0. The van der Waals surface area contributed by atoms with Crippen molar-refractivity contribution in [1.82, 2.24) is 10.2 Å². The molecule has 1 saturated heterocycles. The zero-order valence-corrected chi connectivity index (χ0v) is 15.7. The monoisotopic (exact) mass is 350 g/mol. The number of nitrogens with one attached hydrogen (secondary N) is 1. The Kier molecular flexibility index (Phi) is 4.58. The highest BCUT2D eigenvalue weighted by atomic mass is 16.5. The highest BCUT2D eigenvalue weighted by molar-refractivity contribution is 5.89. The van der Waals surface area contributed by atoms with Crippen molar-refractivity contribution < 1.29 is 19.1 Å². The summed E-state index contributed by atoms with van der Waals surface area (Å²) in [6, 6.07) is -1.14. The minimum Gasteiger partial charge on any atom is -0.460 e. The second-order valence-corrected chi connectivity index (χ2v) is 8.73. The molecule has 3 fully saturated rings. The van der Waals surface area contributed by atoms with E-state index in [0.29, 0.717) is 25.3 Å². The van der Waals surface area contributed by atoms with Crippen LogP contribution in [0.15, 0.2) is 0 Å². The fourth-order valence-corrected chi connectivity index (χ4v) is 5.22. The standard InChI is InChI=1S/C19H30N2O4/c1-12(20-11-22)16(23)21-9-5-6-14(21)17(24)25-15-10-13-7-8-19(15,4)18(13,2)3/h11-15H,5-10H2,1-4H3,(H,20,22)/t12-,13?,14-,15?,19?/m0/s1. The maximum Gasteiger partial charge on any atom is 0.329 e. The molecule has 1 N–H and O–H groups in total. The summed E-state index contributed by atoms with van der Waals surface area (Å²) in [6.45, 7) is 9.00. The number of amides is 2. The van der Waals surface area contributed by atoms with E-state index >= 15 is 0 Å². The van der Waals surface area contributed by atoms with Gasteiger partial charge in [-0.15, -0.1) is 0 Å². The van der Waals surface area contributed by atoms with Gasteiger partial charge in [-0.2, -0.15) is 0 Å². The van der Waals surface area contributed by atoms with E-state index in [1.54, 1.807) is 11.8 Å². The number of esters is 1. The molecule has 6 heteroatoms. The van der Waals surface area contributed by atoms with E-state index in [9.17, 15) is 14.4 Å². The molecule has 2 amide bonds. The molecule has 25 heavy (non-hydrogen) atoms. The molecule has 3 rings (SSSR count). The van der Waals surface area contributed by atoms with Crippen LogP contribution in [0.2, 0.25) is 0 Å². The number of likely N-dealkylation sites (tertiary alicyclic amines) is 1. The lowest BCUT2D eigenvalue weighted by molar-refractivity contribution is -0.165. The summed E-state index contributed by atoms with van der Waals surface area (Å²) in [5.74, 6) is 0.109. The maximum atomic E-state index is 12.8. The first-order chi connectivity index (χ1) is 11.7. The van der Waals surface area contributed by atoms with Crippen molar-refractivity contribution in [2.45, 2.75) is 78.0 Å². The minimum atomic E-state index is -0.621. The molecule has 0 aromatic carbocycles. The number of rotatable bonds is 5. The van der Waals surface area contributed by atoms with Crippen molar-refractivity contribution in [2.75, 3.05) is 6.54 Å². The van der Waals surface area contributed by atoms with Crippen LogP contribution in [0, 0.1) is 16.7 Å². The maximum absolute atomic E-state index is 12.8. The van der Waals surface area contributed by atoms with E-state index in [-0.39, 0.29) is 28.8 Å².